The summed E-state index contributed by atoms with van der Waals surface area (Å²) in [5.74, 6) is 0.975. The minimum absolute atomic E-state index is 0.288. The standard InChI is InChI=1S/C21H27N2.C10H12O.2ClH.Ru/c1-14-9-16(3)20(17(4)10-14)22-7-8-23(13-22)21-18(5)11-15(2)12-19(21)6;1-8(2)11-10-7-5-4-6-9(10)3;;;/h9-13H,7-8H2,1-6H3;3-8H,1-2H3;2*1H;/q+1;;;;+2/p-1. The van der Waals surface area contributed by atoms with E-state index in [1.807, 2.05) is 42.7 Å². The van der Waals surface area contributed by atoms with Gasteiger partial charge in [-0.2, -0.15) is 9.80 Å². The predicted octanol–water partition coefficient (Wildman–Crippen LogP) is 8.40. The largest absolute Gasteiger partial charge is 0.295 e. The van der Waals surface area contributed by atoms with E-state index >= 15 is 0 Å². The number of anilines is 2. The summed E-state index contributed by atoms with van der Waals surface area (Å²) in [6.07, 6.45) is 0.288. The number of aryl methyl sites for hydroxylation is 6. The first-order valence-electron chi connectivity index (χ1n) is 12.6. The number of benzene rings is 3. The van der Waals surface area contributed by atoms with Crippen molar-refractivity contribution in [3.8, 4) is 5.75 Å². The van der Waals surface area contributed by atoms with Crippen molar-refractivity contribution < 1.29 is 18.3 Å². The van der Waals surface area contributed by atoms with Crippen LogP contribution in [0.3, 0.4) is 0 Å². The van der Waals surface area contributed by atoms with E-state index in [4.69, 9.17) is 19.4 Å². The third-order valence-electron chi connectivity index (χ3n) is 6.23. The maximum absolute atomic E-state index is 5.83. The van der Waals surface area contributed by atoms with Crippen LogP contribution in [0.4, 0.5) is 11.4 Å². The molecule has 0 aliphatic carbocycles. The van der Waals surface area contributed by atoms with Gasteiger partial charge in [-0.25, -0.2) is 0 Å². The minimum Gasteiger partial charge on any atom is -0.188 e. The molecule has 6 heteroatoms. The Morgan fingerprint density at radius 3 is 1.62 bits per heavy atom. The van der Waals surface area contributed by atoms with Gasteiger partial charge in [-0.3, -0.25) is 0 Å². The molecule has 0 aromatic heterocycles. The zero-order chi connectivity index (χ0) is 27.3. The monoisotopic (exact) mass is 628 g/mol. The first-order valence-corrected chi connectivity index (χ1v) is 18.1. The van der Waals surface area contributed by atoms with E-state index in [1.165, 1.54) is 44.8 Å². The van der Waals surface area contributed by atoms with Gasteiger partial charge in [0.25, 0.3) is 6.67 Å². The number of hydrogen-bond donors (Lipinski definition) is 0. The maximum Gasteiger partial charge on any atom is 0.295 e. The van der Waals surface area contributed by atoms with E-state index in [-0.39, 0.29) is 6.10 Å². The van der Waals surface area contributed by atoms with Gasteiger partial charge < -0.3 is 0 Å². The van der Waals surface area contributed by atoms with Gasteiger partial charge in [0.15, 0.2) is 0 Å². The molecule has 0 unspecified atom stereocenters. The maximum atomic E-state index is 5.83. The van der Waals surface area contributed by atoms with Gasteiger partial charge in [-0.05, 0) is 63.8 Å². The normalized spacial score (nSPS) is 13.2. The van der Waals surface area contributed by atoms with E-state index in [1.54, 1.807) is 0 Å². The van der Waals surface area contributed by atoms with E-state index in [2.05, 4.69) is 87.0 Å². The van der Waals surface area contributed by atoms with Crippen molar-refractivity contribution in [2.24, 2.45) is 0 Å². The van der Waals surface area contributed by atoms with Gasteiger partial charge in [0, 0.05) is 0 Å². The summed E-state index contributed by atoms with van der Waals surface area (Å²) < 4.78 is 6.41. The number of aliphatic hydroxyl groups is 1. The Bertz CT molecular complexity index is 1160. The van der Waals surface area contributed by atoms with Gasteiger partial charge in [-0.15, -0.1) is 0 Å². The topological polar surface area (TPSA) is 19.3 Å². The Balaban J connectivity index is 0.000000233. The van der Waals surface area contributed by atoms with Crippen LogP contribution in [0.25, 0.3) is 0 Å². The number of rotatable bonds is 5. The van der Waals surface area contributed by atoms with Crippen LogP contribution >= 0.6 is 19.4 Å². The number of para-hydroxylation sites is 1. The second-order valence-electron chi connectivity index (χ2n) is 10.1. The summed E-state index contributed by atoms with van der Waals surface area (Å²) in [5, 5.41) is 0. The Morgan fingerprint density at radius 1 is 0.784 bits per heavy atom. The van der Waals surface area contributed by atoms with E-state index in [0.717, 1.165) is 24.4 Å². The van der Waals surface area contributed by atoms with Crippen LogP contribution in [0.15, 0.2) is 48.5 Å². The third kappa shape index (κ3) is 7.99. The van der Waals surface area contributed by atoms with E-state index < -0.39 is 13.5 Å². The van der Waals surface area contributed by atoms with Gasteiger partial charge in [0.1, 0.15) is 0 Å². The van der Waals surface area contributed by atoms with Gasteiger partial charge in [0.2, 0.25) is 0 Å². The summed E-state index contributed by atoms with van der Waals surface area (Å²) in [6.45, 7) is 21.7. The molecular weight excluding hydrogens is 588 g/mol. The predicted molar refractivity (Wildman–Crippen MR) is 160 cm³/mol. The van der Waals surface area contributed by atoms with E-state index in [9.17, 15) is 0 Å². The molecule has 3 aromatic rings. The van der Waals surface area contributed by atoms with Crippen molar-refractivity contribution in [3.63, 3.8) is 0 Å². The minimum atomic E-state index is -1.75. The first kappa shape index (κ1) is 29.6. The molecule has 1 aliphatic rings. The van der Waals surface area contributed by atoms with Crippen LogP contribution in [-0.2, 0) is 13.5 Å². The Labute approximate surface area is 236 Å². The summed E-state index contributed by atoms with van der Waals surface area (Å²) in [5.41, 5.74) is 11.9. The summed E-state index contributed by atoms with van der Waals surface area (Å²) in [7, 11) is 11.7. The number of hydrogen-bond acceptors (Lipinski definition) is 2. The fourth-order valence-electron chi connectivity index (χ4n) is 5.14. The molecule has 0 saturated carbocycles. The zero-order valence-electron chi connectivity index (χ0n) is 23.2. The fourth-order valence-corrected chi connectivity index (χ4v) is 6.96. The van der Waals surface area contributed by atoms with Crippen molar-refractivity contribution in [1.82, 2.24) is 0 Å². The smallest absolute Gasteiger partial charge is 0.188 e. The molecule has 1 aliphatic heterocycles. The Morgan fingerprint density at radius 2 is 1.22 bits per heavy atom. The van der Waals surface area contributed by atoms with Gasteiger partial charge in [0.05, 0.1) is 24.5 Å². The zero-order valence-corrected chi connectivity index (χ0v) is 26.5. The first-order chi connectivity index (χ1) is 17.5. The molecule has 1 saturated heterocycles. The molecule has 3 aromatic carbocycles. The van der Waals surface area contributed by atoms with Crippen molar-refractivity contribution in [2.75, 3.05) is 22.9 Å². The van der Waals surface area contributed by atoms with Crippen molar-refractivity contribution in [2.45, 2.75) is 61.5 Å². The van der Waals surface area contributed by atoms with E-state index in [0.29, 0.717) is 0 Å². The van der Waals surface area contributed by atoms with Crippen molar-refractivity contribution in [1.29, 1.82) is 0 Å². The van der Waals surface area contributed by atoms with Crippen LogP contribution in [0.5, 0.6) is 5.75 Å². The molecule has 1 N–H and O–H groups in total. The second kappa shape index (κ2) is 13.2. The molecule has 0 amide bonds. The van der Waals surface area contributed by atoms with Crippen molar-refractivity contribution in [3.05, 3.63) is 94.1 Å². The molecule has 1 heterocycles. The summed E-state index contributed by atoms with van der Waals surface area (Å²) >= 11 is -1.75. The van der Waals surface area contributed by atoms with Crippen LogP contribution in [0, 0.1) is 48.2 Å². The summed E-state index contributed by atoms with van der Waals surface area (Å²) in [4.78, 5) is 4.81. The molecule has 0 radical (unpaired) electrons. The number of halogens is 2. The Hall–Kier alpha value is -2.00. The van der Waals surface area contributed by atoms with Crippen LogP contribution in [0.1, 0.15) is 52.8 Å². The number of ether oxygens (including phenoxy) is 1. The number of aromatic hydroxyl groups is 1. The SMILES string of the molecule is CC(C)[OH+]c1ccccc1[CH]=[Ru]([Cl])[Cl].Cc1cc(C)c(N2[CH+]N(c3c(C)cc(C)cc3C)CC2)c(C)c1. The molecule has 1 fully saturated rings. The molecular formula is C31H40Cl2N2ORu+2. The molecule has 3 nitrogen and oxygen atoms in total. The molecule has 37 heavy (non-hydrogen) atoms. The molecule has 0 atom stereocenters. The van der Waals surface area contributed by atoms with Crippen LogP contribution in [-0.4, -0.2) is 28.5 Å². The number of nitrogens with zero attached hydrogens (tertiary/aromatic N) is 2. The summed E-state index contributed by atoms with van der Waals surface area (Å²) in [6, 6.07) is 17.0. The molecule has 0 spiro atoms. The van der Waals surface area contributed by atoms with Crippen molar-refractivity contribution >= 4 is 35.4 Å². The molecule has 4 rings (SSSR count). The Kier molecular flexibility index (Phi) is 10.5. The second-order valence-corrected chi connectivity index (χ2v) is 15.8. The van der Waals surface area contributed by atoms with Crippen LogP contribution in [0.2, 0.25) is 0 Å². The van der Waals surface area contributed by atoms with Crippen LogP contribution < -0.4 is 9.80 Å². The van der Waals surface area contributed by atoms with Gasteiger partial charge in [-0.1, -0.05) is 35.4 Å². The average molecular weight is 629 g/mol. The molecule has 0 bridgehead atoms. The fraction of sp³-hybridized carbons (Fsp3) is 0.355. The quantitative estimate of drug-likeness (QED) is 0.161. The van der Waals surface area contributed by atoms with Gasteiger partial charge >= 0.3 is 97.8 Å². The molecule has 200 valence electrons. The third-order valence-corrected chi connectivity index (χ3v) is 8.06. The average Bonchev–Trinajstić information content (AvgIpc) is 3.22.